The van der Waals surface area contributed by atoms with Gasteiger partial charge in [-0.2, -0.15) is 0 Å². The maximum Gasteiger partial charge on any atom is 0.105 e. The Morgan fingerprint density at radius 1 is 1.50 bits per heavy atom. The highest BCUT2D eigenvalue weighted by Crippen LogP contribution is 2.36. The lowest BCUT2D eigenvalue weighted by atomic mass is 9.89. The van der Waals surface area contributed by atoms with Gasteiger partial charge in [0.25, 0.3) is 0 Å². The minimum Gasteiger partial charge on any atom is -0.469 e. The molecule has 16 heavy (non-hydrogen) atoms. The van der Waals surface area contributed by atoms with E-state index in [-0.39, 0.29) is 11.6 Å². The molecule has 0 amide bonds. The molecule has 0 spiro atoms. The zero-order valence-electron chi connectivity index (χ0n) is 9.95. The topological polar surface area (TPSA) is 48.4 Å². The SMILES string of the molecule is CCOC1(C(N)Cc2ccco2)CCCC1. The summed E-state index contributed by atoms with van der Waals surface area (Å²) in [5.74, 6) is 0.957. The summed E-state index contributed by atoms with van der Waals surface area (Å²) in [5.41, 5.74) is 6.20. The van der Waals surface area contributed by atoms with Crippen molar-refractivity contribution in [2.45, 2.75) is 50.7 Å². The van der Waals surface area contributed by atoms with Crippen LogP contribution in [0.5, 0.6) is 0 Å². The largest absolute Gasteiger partial charge is 0.469 e. The molecule has 1 aliphatic carbocycles. The van der Waals surface area contributed by atoms with Crippen molar-refractivity contribution in [3.63, 3.8) is 0 Å². The monoisotopic (exact) mass is 223 g/mol. The van der Waals surface area contributed by atoms with Gasteiger partial charge in [0.15, 0.2) is 0 Å². The Balaban J connectivity index is 2.02. The summed E-state index contributed by atoms with van der Waals surface area (Å²) in [6.07, 6.45) is 7.10. The van der Waals surface area contributed by atoms with Crippen LogP contribution in [0.15, 0.2) is 22.8 Å². The van der Waals surface area contributed by atoms with Gasteiger partial charge in [-0.05, 0) is 31.9 Å². The van der Waals surface area contributed by atoms with Gasteiger partial charge in [-0.25, -0.2) is 0 Å². The molecule has 1 aromatic rings. The molecule has 1 saturated carbocycles. The fourth-order valence-corrected chi connectivity index (χ4v) is 2.71. The average molecular weight is 223 g/mol. The molecule has 0 radical (unpaired) electrons. The van der Waals surface area contributed by atoms with Crippen molar-refractivity contribution in [1.29, 1.82) is 0 Å². The van der Waals surface area contributed by atoms with E-state index in [0.29, 0.717) is 0 Å². The van der Waals surface area contributed by atoms with Crippen molar-refractivity contribution in [1.82, 2.24) is 0 Å². The Bertz CT molecular complexity index is 302. The highest BCUT2D eigenvalue weighted by Gasteiger charge is 2.40. The summed E-state index contributed by atoms with van der Waals surface area (Å²) in [4.78, 5) is 0. The Labute approximate surface area is 97.0 Å². The predicted molar refractivity (Wildman–Crippen MR) is 63.2 cm³/mol. The first-order valence-corrected chi connectivity index (χ1v) is 6.19. The van der Waals surface area contributed by atoms with Crippen LogP contribution in [0.3, 0.4) is 0 Å². The summed E-state index contributed by atoms with van der Waals surface area (Å²) in [6, 6.07) is 3.93. The average Bonchev–Trinajstić information content (AvgIpc) is 2.89. The molecular formula is C13H21NO2. The molecule has 1 aliphatic rings. The smallest absolute Gasteiger partial charge is 0.105 e. The summed E-state index contributed by atoms with van der Waals surface area (Å²) in [7, 11) is 0. The molecule has 0 aromatic carbocycles. The van der Waals surface area contributed by atoms with Crippen molar-refractivity contribution in [3.05, 3.63) is 24.2 Å². The van der Waals surface area contributed by atoms with Crippen LogP contribution in [0.25, 0.3) is 0 Å². The highest BCUT2D eigenvalue weighted by atomic mass is 16.5. The molecule has 3 heteroatoms. The van der Waals surface area contributed by atoms with Crippen LogP contribution in [-0.2, 0) is 11.2 Å². The van der Waals surface area contributed by atoms with Crippen molar-refractivity contribution in [2.75, 3.05) is 6.61 Å². The van der Waals surface area contributed by atoms with Crippen LogP contribution < -0.4 is 5.73 Å². The van der Waals surface area contributed by atoms with Gasteiger partial charge in [-0.15, -0.1) is 0 Å². The van der Waals surface area contributed by atoms with E-state index in [4.69, 9.17) is 14.9 Å². The summed E-state index contributed by atoms with van der Waals surface area (Å²) in [5, 5.41) is 0. The standard InChI is InChI=1S/C13H21NO2/c1-2-16-13(7-3-4-8-13)12(14)10-11-6-5-9-15-11/h5-6,9,12H,2-4,7-8,10,14H2,1H3. The molecule has 3 nitrogen and oxygen atoms in total. The minimum absolute atomic E-state index is 0.0427. The van der Waals surface area contributed by atoms with Crippen molar-refractivity contribution in [3.8, 4) is 0 Å². The minimum atomic E-state index is -0.110. The van der Waals surface area contributed by atoms with Crippen LogP contribution in [0.2, 0.25) is 0 Å². The third-order valence-corrected chi connectivity index (χ3v) is 3.56. The zero-order chi connectivity index (χ0) is 11.4. The molecular weight excluding hydrogens is 202 g/mol. The van der Waals surface area contributed by atoms with E-state index < -0.39 is 0 Å². The quantitative estimate of drug-likeness (QED) is 0.834. The first-order valence-electron chi connectivity index (χ1n) is 6.19. The Morgan fingerprint density at radius 2 is 2.25 bits per heavy atom. The molecule has 0 saturated heterocycles. The lowest BCUT2D eigenvalue weighted by Crippen LogP contribution is -2.49. The Kier molecular flexibility index (Phi) is 3.66. The number of ether oxygens (including phenoxy) is 1. The summed E-state index contributed by atoms with van der Waals surface area (Å²) < 4.78 is 11.3. The molecule has 1 aromatic heterocycles. The second-order valence-electron chi connectivity index (χ2n) is 4.59. The molecule has 0 aliphatic heterocycles. The molecule has 2 rings (SSSR count). The van der Waals surface area contributed by atoms with Crippen LogP contribution in [0.4, 0.5) is 0 Å². The maximum absolute atomic E-state index is 6.31. The molecule has 90 valence electrons. The fourth-order valence-electron chi connectivity index (χ4n) is 2.71. The predicted octanol–water partition coefficient (Wildman–Crippen LogP) is 2.50. The molecule has 0 bridgehead atoms. The van der Waals surface area contributed by atoms with E-state index in [1.165, 1.54) is 12.8 Å². The van der Waals surface area contributed by atoms with Crippen LogP contribution in [-0.4, -0.2) is 18.2 Å². The van der Waals surface area contributed by atoms with Crippen molar-refractivity contribution in [2.24, 2.45) is 5.73 Å². The van der Waals surface area contributed by atoms with Crippen LogP contribution >= 0.6 is 0 Å². The molecule has 1 unspecified atom stereocenters. The van der Waals surface area contributed by atoms with E-state index in [2.05, 4.69) is 0 Å². The van der Waals surface area contributed by atoms with E-state index in [1.807, 2.05) is 19.1 Å². The summed E-state index contributed by atoms with van der Waals surface area (Å²) >= 11 is 0. The van der Waals surface area contributed by atoms with Crippen LogP contribution in [0, 0.1) is 0 Å². The number of rotatable bonds is 5. The van der Waals surface area contributed by atoms with Crippen LogP contribution in [0.1, 0.15) is 38.4 Å². The number of nitrogens with two attached hydrogens (primary N) is 1. The molecule has 2 N–H and O–H groups in total. The number of hydrogen-bond donors (Lipinski definition) is 1. The van der Waals surface area contributed by atoms with Crippen molar-refractivity contribution < 1.29 is 9.15 Å². The van der Waals surface area contributed by atoms with Crippen molar-refractivity contribution >= 4 is 0 Å². The van der Waals surface area contributed by atoms with Gasteiger partial charge in [-0.1, -0.05) is 12.8 Å². The Hall–Kier alpha value is -0.800. The second kappa shape index (κ2) is 5.02. The third-order valence-electron chi connectivity index (χ3n) is 3.56. The first-order chi connectivity index (χ1) is 7.77. The van der Waals surface area contributed by atoms with E-state index >= 15 is 0 Å². The number of furan rings is 1. The van der Waals surface area contributed by atoms with Gasteiger partial charge >= 0.3 is 0 Å². The normalized spacial score (nSPS) is 21.1. The Morgan fingerprint density at radius 3 is 2.81 bits per heavy atom. The third kappa shape index (κ3) is 2.30. The van der Waals surface area contributed by atoms with E-state index in [0.717, 1.165) is 31.6 Å². The van der Waals surface area contributed by atoms with Gasteiger partial charge in [0.05, 0.1) is 11.9 Å². The molecule has 1 fully saturated rings. The summed E-state index contributed by atoms with van der Waals surface area (Å²) in [6.45, 7) is 2.78. The van der Waals surface area contributed by atoms with E-state index in [1.54, 1.807) is 6.26 Å². The molecule has 1 atom stereocenters. The van der Waals surface area contributed by atoms with Gasteiger partial charge in [0, 0.05) is 19.1 Å². The molecule has 1 heterocycles. The van der Waals surface area contributed by atoms with Gasteiger partial charge in [0.1, 0.15) is 5.76 Å². The maximum atomic E-state index is 6.31. The zero-order valence-corrected chi connectivity index (χ0v) is 9.95. The first kappa shape index (κ1) is 11.7. The van der Waals surface area contributed by atoms with Gasteiger partial charge < -0.3 is 14.9 Å². The lowest BCUT2D eigenvalue weighted by Gasteiger charge is -2.34. The second-order valence-corrected chi connectivity index (χ2v) is 4.59. The highest BCUT2D eigenvalue weighted by molar-refractivity contribution is 5.05. The fraction of sp³-hybridized carbons (Fsp3) is 0.692. The number of hydrogen-bond acceptors (Lipinski definition) is 3. The van der Waals surface area contributed by atoms with E-state index in [9.17, 15) is 0 Å². The van der Waals surface area contributed by atoms with Gasteiger partial charge in [0.2, 0.25) is 0 Å². The van der Waals surface area contributed by atoms with Gasteiger partial charge in [-0.3, -0.25) is 0 Å². The lowest BCUT2D eigenvalue weighted by molar-refractivity contribution is -0.0533.